The molecular weight excluding hydrogens is 474 g/mol. The predicted molar refractivity (Wildman–Crippen MR) is 137 cm³/mol. The number of para-hydroxylation sites is 1. The minimum atomic E-state index is -3.76. The largest absolute Gasteiger partial charge is 0.350 e. The van der Waals surface area contributed by atoms with Gasteiger partial charge in [0, 0.05) is 17.1 Å². The number of aryl methyl sites for hydroxylation is 1. The number of rotatable bonds is 9. The van der Waals surface area contributed by atoms with Crippen molar-refractivity contribution in [3.8, 4) is 0 Å². The Bertz CT molecular complexity index is 1110. The Morgan fingerprint density at radius 1 is 1.06 bits per heavy atom. The fourth-order valence-corrected chi connectivity index (χ4v) is 4.63. The quantitative estimate of drug-likeness (QED) is 0.552. The number of hydrogen-bond donors (Lipinski definition) is 1. The van der Waals surface area contributed by atoms with Crippen LogP contribution in [0.15, 0.2) is 48.5 Å². The van der Waals surface area contributed by atoms with Gasteiger partial charge < -0.3 is 10.2 Å². The molecule has 0 saturated carbocycles. The van der Waals surface area contributed by atoms with Crippen LogP contribution in [0, 0.1) is 6.92 Å². The molecule has 2 rings (SSSR count). The number of halogens is 1. The van der Waals surface area contributed by atoms with E-state index >= 15 is 0 Å². The summed E-state index contributed by atoms with van der Waals surface area (Å²) in [5, 5.41) is 3.50. The summed E-state index contributed by atoms with van der Waals surface area (Å²) in [6, 6.07) is 13.2. The van der Waals surface area contributed by atoms with Crippen molar-refractivity contribution in [1.29, 1.82) is 0 Å². The standard InChI is InChI=1S/C25H34ClN3O4S/c1-7-21(24(31)27-25(3,4)5)28(16-19-12-14-20(26)15-13-19)23(30)17-29(34(6,32)33)22-11-9-8-10-18(22)2/h8-15,21H,7,16-17H2,1-6H3,(H,27,31)/t21-/m0/s1. The number of anilines is 1. The van der Waals surface area contributed by atoms with Gasteiger partial charge in [-0.15, -0.1) is 0 Å². The van der Waals surface area contributed by atoms with Gasteiger partial charge in [-0.3, -0.25) is 13.9 Å². The molecule has 0 heterocycles. The summed E-state index contributed by atoms with van der Waals surface area (Å²) in [5.74, 6) is -0.765. The van der Waals surface area contributed by atoms with Gasteiger partial charge in [0.15, 0.2) is 0 Å². The SMILES string of the molecule is CC[C@@H](C(=O)NC(C)(C)C)N(Cc1ccc(Cl)cc1)C(=O)CN(c1ccccc1C)S(C)(=O)=O. The molecular formula is C25H34ClN3O4S. The van der Waals surface area contributed by atoms with Gasteiger partial charge in [0.25, 0.3) is 0 Å². The fraction of sp³-hybridized carbons (Fsp3) is 0.440. The van der Waals surface area contributed by atoms with Crippen LogP contribution in [-0.4, -0.2) is 49.5 Å². The third-order valence-electron chi connectivity index (χ3n) is 5.21. The maximum atomic E-state index is 13.6. The van der Waals surface area contributed by atoms with Crippen LogP contribution in [0.4, 0.5) is 5.69 Å². The lowest BCUT2D eigenvalue weighted by Gasteiger charge is -2.34. The molecule has 0 spiro atoms. The van der Waals surface area contributed by atoms with E-state index < -0.39 is 34.1 Å². The number of carbonyl (C=O) groups is 2. The van der Waals surface area contributed by atoms with Crippen LogP contribution < -0.4 is 9.62 Å². The van der Waals surface area contributed by atoms with Gasteiger partial charge in [-0.05, 0) is 63.4 Å². The topological polar surface area (TPSA) is 86.8 Å². The van der Waals surface area contributed by atoms with Gasteiger partial charge in [-0.1, -0.05) is 48.9 Å². The summed E-state index contributed by atoms with van der Waals surface area (Å²) in [5.41, 5.74) is 1.44. The first-order chi connectivity index (χ1) is 15.7. The summed E-state index contributed by atoms with van der Waals surface area (Å²) < 4.78 is 26.4. The van der Waals surface area contributed by atoms with Gasteiger partial charge in [0.1, 0.15) is 12.6 Å². The van der Waals surface area contributed by atoms with Crippen molar-refractivity contribution >= 4 is 39.1 Å². The number of nitrogens with zero attached hydrogens (tertiary/aromatic N) is 2. The first kappa shape index (κ1) is 27.7. The second-order valence-corrected chi connectivity index (χ2v) is 11.7. The average Bonchev–Trinajstić information content (AvgIpc) is 2.71. The maximum Gasteiger partial charge on any atom is 0.244 e. The molecule has 0 bridgehead atoms. The molecule has 2 aromatic carbocycles. The molecule has 186 valence electrons. The van der Waals surface area contributed by atoms with Crippen molar-refractivity contribution in [3.05, 3.63) is 64.7 Å². The zero-order valence-corrected chi connectivity index (χ0v) is 22.2. The number of nitrogens with one attached hydrogen (secondary N) is 1. The van der Waals surface area contributed by atoms with Crippen molar-refractivity contribution in [1.82, 2.24) is 10.2 Å². The second kappa shape index (κ2) is 11.2. The van der Waals surface area contributed by atoms with Crippen LogP contribution in [0.1, 0.15) is 45.2 Å². The Morgan fingerprint density at radius 3 is 2.15 bits per heavy atom. The first-order valence-electron chi connectivity index (χ1n) is 11.1. The van der Waals surface area contributed by atoms with Crippen molar-refractivity contribution in [2.45, 2.75) is 59.2 Å². The second-order valence-electron chi connectivity index (χ2n) is 9.37. The van der Waals surface area contributed by atoms with Crippen LogP contribution in [-0.2, 0) is 26.2 Å². The summed E-state index contributed by atoms with van der Waals surface area (Å²) >= 11 is 6.01. The minimum absolute atomic E-state index is 0.136. The smallest absolute Gasteiger partial charge is 0.244 e. The molecule has 34 heavy (non-hydrogen) atoms. The van der Waals surface area contributed by atoms with E-state index in [1.54, 1.807) is 55.5 Å². The van der Waals surface area contributed by atoms with Crippen molar-refractivity contribution in [3.63, 3.8) is 0 Å². The maximum absolute atomic E-state index is 13.6. The van der Waals surface area contributed by atoms with Gasteiger partial charge in [-0.25, -0.2) is 8.42 Å². The van der Waals surface area contributed by atoms with Crippen molar-refractivity contribution in [2.24, 2.45) is 0 Å². The lowest BCUT2D eigenvalue weighted by atomic mass is 10.1. The van der Waals surface area contributed by atoms with E-state index in [1.165, 1.54) is 4.90 Å². The van der Waals surface area contributed by atoms with Gasteiger partial charge in [0.05, 0.1) is 11.9 Å². The molecule has 0 aliphatic carbocycles. The number of amides is 2. The van der Waals surface area contributed by atoms with Crippen LogP contribution in [0.2, 0.25) is 5.02 Å². The highest BCUT2D eigenvalue weighted by molar-refractivity contribution is 7.92. The zero-order valence-electron chi connectivity index (χ0n) is 20.6. The summed E-state index contributed by atoms with van der Waals surface area (Å²) in [7, 11) is -3.76. The van der Waals surface area contributed by atoms with Crippen molar-refractivity contribution < 1.29 is 18.0 Å². The normalized spacial score (nSPS) is 12.7. The van der Waals surface area contributed by atoms with Crippen molar-refractivity contribution in [2.75, 3.05) is 17.1 Å². The fourth-order valence-electron chi connectivity index (χ4n) is 3.60. The highest BCUT2D eigenvalue weighted by Gasteiger charge is 2.33. The number of sulfonamides is 1. The number of hydrogen-bond acceptors (Lipinski definition) is 4. The summed E-state index contributed by atoms with van der Waals surface area (Å²) in [4.78, 5) is 28.2. The van der Waals surface area contributed by atoms with Crippen LogP contribution in [0.3, 0.4) is 0 Å². The molecule has 9 heteroatoms. The molecule has 1 N–H and O–H groups in total. The molecule has 0 aliphatic heterocycles. The lowest BCUT2D eigenvalue weighted by Crippen LogP contribution is -2.55. The zero-order chi connectivity index (χ0) is 25.7. The highest BCUT2D eigenvalue weighted by Crippen LogP contribution is 2.23. The highest BCUT2D eigenvalue weighted by atomic mass is 35.5. The molecule has 0 radical (unpaired) electrons. The molecule has 0 fully saturated rings. The Hall–Kier alpha value is -2.58. The Labute approximate surface area is 208 Å². The van der Waals surface area contributed by atoms with Gasteiger partial charge >= 0.3 is 0 Å². The van der Waals surface area contributed by atoms with E-state index in [0.29, 0.717) is 17.1 Å². The summed E-state index contributed by atoms with van der Waals surface area (Å²) in [6.07, 6.45) is 1.43. The Kier molecular flexibility index (Phi) is 9.14. The summed E-state index contributed by atoms with van der Waals surface area (Å²) in [6.45, 7) is 8.93. The first-order valence-corrected chi connectivity index (χ1v) is 13.3. The number of carbonyl (C=O) groups excluding carboxylic acids is 2. The molecule has 0 aliphatic rings. The van der Waals surface area contributed by atoms with E-state index in [-0.39, 0.29) is 12.5 Å². The Balaban J connectivity index is 2.46. The van der Waals surface area contributed by atoms with Gasteiger partial charge in [0.2, 0.25) is 21.8 Å². The molecule has 0 saturated heterocycles. The molecule has 1 atom stereocenters. The van der Waals surface area contributed by atoms with Crippen LogP contribution in [0.25, 0.3) is 0 Å². The molecule has 7 nitrogen and oxygen atoms in total. The van der Waals surface area contributed by atoms with E-state index in [1.807, 2.05) is 27.7 Å². The molecule has 2 aromatic rings. The number of benzene rings is 2. The van der Waals surface area contributed by atoms with E-state index in [2.05, 4.69) is 5.32 Å². The monoisotopic (exact) mass is 507 g/mol. The Morgan fingerprint density at radius 2 is 1.65 bits per heavy atom. The minimum Gasteiger partial charge on any atom is -0.350 e. The van der Waals surface area contributed by atoms with E-state index in [9.17, 15) is 18.0 Å². The predicted octanol–water partition coefficient (Wildman–Crippen LogP) is 4.14. The molecule has 0 unspecified atom stereocenters. The third kappa shape index (κ3) is 7.74. The van der Waals surface area contributed by atoms with Gasteiger partial charge in [-0.2, -0.15) is 0 Å². The third-order valence-corrected chi connectivity index (χ3v) is 6.59. The van der Waals surface area contributed by atoms with Crippen LogP contribution >= 0.6 is 11.6 Å². The molecule has 2 amide bonds. The van der Waals surface area contributed by atoms with E-state index in [0.717, 1.165) is 21.7 Å². The van der Waals surface area contributed by atoms with E-state index in [4.69, 9.17) is 11.6 Å². The average molecular weight is 508 g/mol. The lowest BCUT2D eigenvalue weighted by molar-refractivity contribution is -0.141. The molecule has 0 aromatic heterocycles. The van der Waals surface area contributed by atoms with Crippen LogP contribution in [0.5, 0.6) is 0 Å².